The second kappa shape index (κ2) is 6.75. The molecule has 1 aliphatic carbocycles. The standard InChI is InChI=1S/C20H23NO4/c1-14-17(18(22)23)12-16(25-14)13-21(2)19(24)20(10-6-7-11-20)15-8-4-3-5-9-15/h3-5,8-9,12H,6-7,10-11,13H2,1-2H3,(H,22,23). The van der Waals surface area contributed by atoms with Crippen molar-refractivity contribution in [2.75, 3.05) is 7.05 Å². The summed E-state index contributed by atoms with van der Waals surface area (Å²) in [5, 5.41) is 9.14. The summed E-state index contributed by atoms with van der Waals surface area (Å²) >= 11 is 0. The number of aryl methyl sites for hydroxylation is 1. The fraction of sp³-hybridized carbons (Fsp3) is 0.400. The average Bonchev–Trinajstić information content (AvgIpc) is 3.22. The van der Waals surface area contributed by atoms with Crippen molar-refractivity contribution in [3.63, 3.8) is 0 Å². The molecule has 0 aliphatic heterocycles. The van der Waals surface area contributed by atoms with Crippen LogP contribution in [0.15, 0.2) is 40.8 Å². The van der Waals surface area contributed by atoms with Gasteiger partial charge < -0.3 is 14.4 Å². The molecule has 25 heavy (non-hydrogen) atoms. The summed E-state index contributed by atoms with van der Waals surface area (Å²) in [6.45, 7) is 1.89. The molecule has 0 bridgehead atoms. The maximum absolute atomic E-state index is 13.3. The Morgan fingerprint density at radius 3 is 2.40 bits per heavy atom. The van der Waals surface area contributed by atoms with Crippen LogP contribution >= 0.6 is 0 Å². The molecule has 0 saturated heterocycles. The maximum Gasteiger partial charge on any atom is 0.339 e. The number of amides is 1. The van der Waals surface area contributed by atoms with Gasteiger partial charge in [-0.05, 0) is 31.4 Å². The molecular formula is C20H23NO4. The molecule has 1 fully saturated rings. The molecule has 0 spiro atoms. The lowest BCUT2D eigenvalue weighted by Crippen LogP contribution is -2.43. The predicted molar refractivity (Wildman–Crippen MR) is 93.5 cm³/mol. The Hall–Kier alpha value is -2.56. The summed E-state index contributed by atoms with van der Waals surface area (Å²) in [4.78, 5) is 26.1. The molecule has 0 atom stereocenters. The van der Waals surface area contributed by atoms with E-state index in [9.17, 15) is 9.59 Å². The van der Waals surface area contributed by atoms with E-state index in [-0.39, 0.29) is 18.0 Å². The molecule has 1 saturated carbocycles. The van der Waals surface area contributed by atoms with Gasteiger partial charge in [-0.25, -0.2) is 4.79 Å². The molecule has 1 aliphatic rings. The van der Waals surface area contributed by atoms with E-state index in [1.54, 1.807) is 18.9 Å². The first-order valence-corrected chi connectivity index (χ1v) is 8.58. The number of carbonyl (C=O) groups is 2. The molecule has 1 N–H and O–H groups in total. The van der Waals surface area contributed by atoms with E-state index in [0.29, 0.717) is 11.5 Å². The predicted octanol–water partition coefficient (Wildman–Crippen LogP) is 3.76. The van der Waals surface area contributed by atoms with Crippen LogP contribution in [0.25, 0.3) is 0 Å². The van der Waals surface area contributed by atoms with Crippen LogP contribution in [-0.2, 0) is 16.8 Å². The van der Waals surface area contributed by atoms with Crippen LogP contribution in [0.2, 0.25) is 0 Å². The first-order chi connectivity index (χ1) is 11.9. The summed E-state index contributed by atoms with van der Waals surface area (Å²) in [7, 11) is 1.75. The third-order valence-corrected chi connectivity index (χ3v) is 5.13. The van der Waals surface area contributed by atoms with Crippen LogP contribution in [0.3, 0.4) is 0 Å². The van der Waals surface area contributed by atoms with Gasteiger partial charge in [0.15, 0.2) is 0 Å². The number of carbonyl (C=O) groups excluding carboxylic acids is 1. The fourth-order valence-corrected chi connectivity index (χ4v) is 3.87. The molecule has 1 aromatic heterocycles. The lowest BCUT2D eigenvalue weighted by atomic mass is 9.77. The van der Waals surface area contributed by atoms with Gasteiger partial charge in [0.25, 0.3) is 0 Å². The minimum absolute atomic E-state index is 0.0714. The third kappa shape index (κ3) is 3.18. The average molecular weight is 341 g/mol. The van der Waals surface area contributed by atoms with E-state index in [4.69, 9.17) is 9.52 Å². The summed E-state index contributed by atoms with van der Waals surface area (Å²) in [6, 6.07) is 11.5. The van der Waals surface area contributed by atoms with Gasteiger partial charge in [-0.2, -0.15) is 0 Å². The van der Waals surface area contributed by atoms with Crippen LogP contribution in [0.1, 0.15) is 53.1 Å². The minimum Gasteiger partial charge on any atom is -0.478 e. The number of hydrogen-bond donors (Lipinski definition) is 1. The molecule has 1 amide bonds. The number of rotatable bonds is 5. The van der Waals surface area contributed by atoms with Crippen LogP contribution in [0.4, 0.5) is 0 Å². The second-order valence-electron chi connectivity index (χ2n) is 6.80. The van der Waals surface area contributed by atoms with E-state index in [0.717, 1.165) is 31.2 Å². The quantitative estimate of drug-likeness (QED) is 0.899. The first kappa shape index (κ1) is 17.3. The monoisotopic (exact) mass is 341 g/mol. The summed E-state index contributed by atoms with van der Waals surface area (Å²) in [5.74, 6) is -0.0888. The van der Waals surface area contributed by atoms with Crippen molar-refractivity contribution in [3.05, 3.63) is 59.0 Å². The minimum atomic E-state index is -1.02. The van der Waals surface area contributed by atoms with Gasteiger partial charge in [0.05, 0.1) is 12.0 Å². The number of aromatic carboxylic acids is 1. The lowest BCUT2D eigenvalue weighted by Gasteiger charge is -2.32. The lowest BCUT2D eigenvalue weighted by molar-refractivity contribution is -0.136. The molecule has 1 heterocycles. The van der Waals surface area contributed by atoms with Crippen LogP contribution in [0.5, 0.6) is 0 Å². The van der Waals surface area contributed by atoms with Gasteiger partial charge in [0.1, 0.15) is 17.1 Å². The zero-order chi connectivity index (χ0) is 18.0. The van der Waals surface area contributed by atoms with Crippen LogP contribution in [0, 0.1) is 6.92 Å². The smallest absolute Gasteiger partial charge is 0.339 e. The van der Waals surface area contributed by atoms with Gasteiger partial charge in [0, 0.05) is 7.05 Å². The highest BCUT2D eigenvalue weighted by Gasteiger charge is 2.44. The molecule has 3 rings (SSSR count). The molecule has 5 heteroatoms. The number of furan rings is 1. The Kier molecular flexibility index (Phi) is 4.66. The van der Waals surface area contributed by atoms with Crippen LogP contribution in [-0.4, -0.2) is 28.9 Å². The van der Waals surface area contributed by atoms with Crippen molar-refractivity contribution in [2.24, 2.45) is 0 Å². The van der Waals surface area contributed by atoms with E-state index in [2.05, 4.69) is 0 Å². The van der Waals surface area contributed by atoms with E-state index in [1.807, 2.05) is 30.3 Å². The van der Waals surface area contributed by atoms with Gasteiger partial charge >= 0.3 is 5.97 Å². The largest absolute Gasteiger partial charge is 0.478 e. The van der Waals surface area contributed by atoms with Crippen molar-refractivity contribution in [2.45, 2.75) is 44.6 Å². The van der Waals surface area contributed by atoms with Gasteiger partial charge in [-0.3, -0.25) is 4.79 Å². The fourth-order valence-electron chi connectivity index (χ4n) is 3.87. The molecule has 5 nitrogen and oxygen atoms in total. The summed E-state index contributed by atoms with van der Waals surface area (Å²) in [6.07, 6.45) is 3.77. The van der Waals surface area contributed by atoms with E-state index >= 15 is 0 Å². The molecule has 0 radical (unpaired) electrons. The maximum atomic E-state index is 13.3. The Labute approximate surface area is 147 Å². The van der Waals surface area contributed by atoms with Gasteiger partial charge in [-0.1, -0.05) is 43.2 Å². The molecule has 2 aromatic rings. The highest BCUT2D eigenvalue weighted by molar-refractivity contribution is 5.89. The second-order valence-corrected chi connectivity index (χ2v) is 6.80. The Morgan fingerprint density at radius 2 is 1.84 bits per heavy atom. The van der Waals surface area contributed by atoms with E-state index in [1.165, 1.54) is 6.07 Å². The Bertz CT molecular complexity index is 772. The van der Waals surface area contributed by atoms with Gasteiger partial charge in [-0.15, -0.1) is 0 Å². The topological polar surface area (TPSA) is 70.8 Å². The number of hydrogen-bond acceptors (Lipinski definition) is 3. The van der Waals surface area contributed by atoms with Crippen molar-refractivity contribution in [1.29, 1.82) is 0 Å². The SMILES string of the molecule is Cc1oc(CN(C)C(=O)C2(c3ccccc3)CCCC2)cc1C(=O)O. The van der Waals surface area contributed by atoms with Crippen molar-refractivity contribution >= 4 is 11.9 Å². The Morgan fingerprint density at radius 1 is 1.20 bits per heavy atom. The molecular weight excluding hydrogens is 318 g/mol. The number of likely N-dealkylation sites (N-methyl/N-ethyl adjacent to an activating group) is 1. The number of nitrogens with zero attached hydrogens (tertiary/aromatic N) is 1. The van der Waals surface area contributed by atoms with E-state index < -0.39 is 11.4 Å². The molecule has 132 valence electrons. The molecule has 1 aromatic carbocycles. The van der Waals surface area contributed by atoms with Crippen LogP contribution < -0.4 is 0 Å². The number of carboxylic acids is 1. The summed E-state index contributed by atoms with van der Waals surface area (Å²) < 4.78 is 5.52. The third-order valence-electron chi connectivity index (χ3n) is 5.13. The highest BCUT2D eigenvalue weighted by atomic mass is 16.4. The summed E-state index contributed by atoms with van der Waals surface area (Å²) in [5.41, 5.74) is 0.730. The number of carboxylic acid groups (broad SMARTS) is 1. The van der Waals surface area contributed by atoms with Crippen molar-refractivity contribution in [3.8, 4) is 0 Å². The van der Waals surface area contributed by atoms with Crippen molar-refractivity contribution in [1.82, 2.24) is 4.90 Å². The zero-order valence-corrected chi connectivity index (χ0v) is 14.6. The Balaban J connectivity index is 1.83. The number of benzene rings is 1. The van der Waals surface area contributed by atoms with Crippen molar-refractivity contribution < 1.29 is 19.1 Å². The first-order valence-electron chi connectivity index (χ1n) is 8.58. The van der Waals surface area contributed by atoms with Gasteiger partial charge in [0.2, 0.25) is 5.91 Å². The molecule has 0 unspecified atom stereocenters. The normalized spacial score (nSPS) is 15.9. The zero-order valence-electron chi connectivity index (χ0n) is 14.6. The highest BCUT2D eigenvalue weighted by Crippen LogP contribution is 2.42.